The lowest BCUT2D eigenvalue weighted by molar-refractivity contribution is -0.132. The molecule has 0 spiro atoms. The molecule has 0 aliphatic carbocycles. The van der Waals surface area contributed by atoms with E-state index in [4.69, 9.17) is 9.47 Å². The van der Waals surface area contributed by atoms with E-state index in [0.29, 0.717) is 29.2 Å². The van der Waals surface area contributed by atoms with Gasteiger partial charge in [0.15, 0.2) is 5.13 Å². The van der Waals surface area contributed by atoms with Crippen LogP contribution in [0.1, 0.15) is 50.6 Å². The van der Waals surface area contributed by atoms with E-state index in [1.807, 2.05) is 37.3 Å². The fourth-order valence-corrected chi connectivity index (χ4v) is 5.67. The minimum atomic E-state index is -0.950. The molecule has 41 heavy (non-hydrogen) atoms. The van der Waals surface area contributed by atoms with Crippen LogP contribution in [0.5, 0.6) is 5.75 Å². The Morgan fingerprint density at radius 1 is 1.00 bits per heavy atom. The van der Waals surface area contributed by atoms with E-state index < -0.39 is 23.7 Å². The van der Waals surface area contributed by atoms with Crippen LogP contribution in [0.15, 0.2) is 84.4 Å². The minimum Gasteiger partial charge on any atom is -0.507 e. The molecular weight excluding hydrogens is 540 g/mol. The number of benzene rings is 3. The summed E-state index contributed by atoms with van der Waals surface area (Å²) >= 11 is 0.971. The Hall–Kier alpha value is -4.76. The van der Waals surface area contributed by atoms with Crippen molar-refractivity contribution in [2.45, 2.75) is 33.4 Å². The normalized spacial score (nSPS) is 16.2. The lowest BCUT2D eigenvalue weighted by Gasteiger charge is -2.23. The van der Waals surface area contributed by atoms with Crippen LogP contribution in [-0.4, -0.2) is 34.4 Å². The van der Waals surface area contributed by atoms with Gasteiger partial charge in [-0.3, -0.25) is 14.5 Å². The van der Waals surface area contributed by atoms with Gasteiger partial charge in [-0.25, -0.2) is 9.78 Å². The quantitative estimate of drug-likeness (QED) is 0.118. The number of Topliss-reactive ketones (excluding diaryl/α,β-unsaturated/α-hetero) is 1. The Morgan fingerprint density at radius 3 is 2.41 bits per heavy atom. The van der Waals surface area contributed by atoms with Crippen LogP contribution in [0.25, 0.3) is 5.76 Å². The second kappa shape index (κ2) is 11.8. The molecule has 9 heteroatoms. The summed E-state index contributed by atoms with van der Waals surface area (Å²) in [5, 5.41) is 11.6. The van der Waals surface area contributed by atoms with Gasteiger partial charge in [0, 0.05) is 5.56 Å². The Morgan fingerprint density at radius 2 is 1.73 bits per heavy atom. The van der Waals surface area contributed by atoms with E-state index in [1.165, 1.54) is 4.90 Å². The van der Waals surface area contributed by atoms with Crippen molar-refractivity contribution in [1.82, 2.24) is 4.98 Å². The first kappa shape index (κ1) is 27.8. The molecule has 1 fully saturated rings. The maximum Gasteiger partial charge on any atom is 0.350 e. The van der Waals surface area contributed by atoms with Crippen LogP contribution in [-0.2, 0) is 20.9 Å². The number of anilines is 1. The second-order valence-electron chi connectivity index (χ2n) is 9.51. The van der Waals surface area contributed by atoms with Gasteiger partial charge in [0.2, 0.25) is 0 Å². The smallest absolute Gasteiger partial charge is 0.350 e. The molecule has 3 aromatic carbocycles. The number of aryl methyl sites for hydroxylation is 2. The highest BCUT2D eigenvalue weighted by molar-refractivity contribution is 7.17. The number of hydrogen-bond acceptors (Lipinski definition) is 8. The highest BCUT2D eigenvalue weighted by Gasteiger charge is 2.48. The maximum absolute atomic E-state index is 13.4. The van der Waals surface area contributed by atoms with Crippen LogP contribution >= 0.6 is 11.3 Å². The molecule has 5 rings (SSSR count). The van der Waals surface area contributed by atoms with Crippen molar-refractivity contribution in [3.05, 3.63) is 117 Å². The first-order valence-corrected chi connectivity index (χ1v) is 13.9. The zero-order chi connectivity index (χ0) is 29.1. The summed E-state index contributed by atoms with van der Waals surface area (Å²) < 4.78 is 11.0. The molecule has 4 aromatic rings. The number of amides is 1. The first-order chi connectivity index (χ1) is 19.8. The van der Waals surface area contributed by atoms with Crippen molar-refractivity contribution < 1.29 is 29.0 Å². The highest BCUT2D eigenvalue weighted by atomic mass is 32.1. The Labute approximate surface area is 241 Å². The molecule has 1 aliphatic heterocycles. The molecule has 1 aliphatic rings. The van der Waals surface area contributed by atoms with E-state index in [-0.39, 0.29) is 27.9 Å². The first-order valence-electron chi connectivity index (χ1n) is 13.1. The fourth-order valence-electron chi connectivity index (χ4n) is 4.68. The Bertz CT molecular complexity index is 1640. The van der Waals surface area contributed by atoms with E-state index in [0.717, 1.165) is 22.5 Å². The van der Waals surface area contributed by atoms with Crippen LogP contribution in [0.4, 0.5) is 5.13 Å². The second-order valence-corrected chi connectivity index (χ2v) is 10.5. The number of aromatic nitrogens is 1. The molecule has 0 saturated carbocycles. The zero-order valence-electron chi connectivity index (χ0n) is 22.8. The van der Waals surface area contributed by atoms with Gasteiger partial charge in [-0.05, 0) is 56.2 Å². The molecule has 1 unspecified atom stereocenters. The number of thiazole rings is 1. The molecule has 2 heterocycles. The number of rotatable bonds is 8. The van der Waals surface area contributed by atoms with Crippen LogP contribution in [0.2, 0.25) is 0 Å². The van der Waals surface area contributed by atoms with E-state index in [2.05, 4.69) is 4.98 Å². The zero-order valence-corrected chi connectivity index (χ0v) is 23.6. The van der Waals surface area contributed by atoms with E-state index in [1.54, 1.807) is 62.4 Å². The number of hydrogen-bond donors (Lipinski definition) is 1. The fraction of sp³-hybridized carbons (Fsp3) is 0.188. The average molecular weight is 569 g/mol. The van der Waals surface area contributed by atoms with Crippen molar-refractivity contribution in [3.8, 4) is 5.75 Å². The van der Waals surface area contributed by atoms with Crippen molar-refractivity contribution >= 4 is 39.9 Å². The number of ether oxygens (including phenoxy) is 2. The SMILES string of the molecule is CCOC(=O)c1sc(N2C(=O)C(=O)C(=C(O)c3ccc(OCc4cccc(C)c4)cc3)C2c2ccccc2)nc1C. The summed E-state index contributed by atoms with van der Waals surface area (Å²) in [6, 6.07) is 22.7. The number of carbonyl (C=O) groups excluding carboxylic acids is 3. The molecule has 1 N–H and O–H groups in total. The van der Waals surface area contributed by atoms with Gasteiger partial charge < -0.3 is 14.6 Å². The Kier molecular flexibility index (Phi) is 7.98. The molecule has 0 bridgehead atoms. The van der Waals surface area contributed by atoms with E-state index >= 15 is 0 Å². The van der Waals surface area contributed by atoms with Crippen molar-refractivity contribution in [2.24, 2.45) is 0 Å². The molecule has 1 atom stereocenters. The summed E-state index contributed by atoms with van der Waals surface area (Å²) in [6.07, 6.45) is 0. The molecule has 1 aromatic heterocycles. The third-order valence-electron chi connectivity index (χ3n) is 6.63. The van der Waals surface area contributed by atoms with E-state index in [9.17, 15) is 19.5 Å². The van der Waals surface area contributed by atoms with Gasteiger partial charge in [0.05, 0.1) is 23.9 Å². The van der Waals surface area contributed by atoms with Gasteiger partial charge in [-0.2, -0.15) is 0 Å². The summed E-state index contributed by atoms with van der Waals surface area (Å²) in [4.78, 5) is 45.2. The predicted octanol–water partition coefficient (Wildman–Crippen LogP) is 6.14. The predicted molar refractivity (Wildman–Crippen MR) is 156 cm³/mol. The van der Waals surface area contributed by atoms with Crippen LogP contribution < -0.4 is 9.64 Å². The monoisotopic (exact) mass is 568 g/mol. The largest absolute Gasteiger partial charge is 0.507 e. The van der Waals surface area contributed by atoms with Crippen LogP contribution in [0, 0.1) is 13.8 Å². The lowest BCUT2D eigenvalue weighted by Crippen LogP contribution is -2.29. The number of nitrogens with zero attached hydrogens (tertiary/aromatic N) is 2. The lowest BCUT2D eigenvalue weighted by atomic mass is 9.95. The number of esters is 1. The number of aliphatic hydroxyl groups excluding tert-OH is 1. The van der Waals surface area contributed by atoms with Crippen molar-refractivity contribution in [1.29, 1.82) is 0 Å². The number of aliphatic hydroxyl groups is 1. The minimum absolute atomic E-state index is 0.0693. The Balaban J connectivity index is 1.50. The topological polar surface area (TPSA) is 106 Å². The summed E-state index contributed by atoms with van der Waals surface area (Å²) in [5.41, 5.74) is 3.45. The van der Waals surface area contributed by atoms with Gasteiger partial charge in [0.1, 0.15) is 23.0 Å². The summed E-state index contributed by atoms with van der Waals surface area (Å²) in [7, 11) is 0. The van der Waals surface area contributed by atoms with Crippen molar-refractivity contribution in [2.75, 3.05) is 11.5 Å². The number of ketones is 1. The maximum atomic E-state index is 13.4. The van der Waals surface area contributed by atoms with Gasteiger partial charge >= 0.3 is 11.9 Å². The molecule has 1 saturated heterocycles. The molecule has 0 radical (unpaired) electrons. The average Bonchev–Trinajstić information content (AvgIpc) is 3.48. The molecule has 1 amide bonds. The van der Waals surface area contributed by atoms with Crippen LogP contribution in [0.3, 0.4) is 0 Å². The molecular formula is C32H28N2O6S. The summed E-state index contributed by atoms with van der Waals surface area (Å²) in [5.74, 6) is -1.97. The summed E-state index contributed by atoms with van der Waals surface area (Å²) in [6.45, 7) is 5.93. The molecule has 208 valence electrons. The van der Waals surface area contributed by atoms with Gasteiger partial charge in [-0.1, -0.05) is 71.5 Å². The van der Waals surface area contributed by atoms with Crippen molar-refractivity contribution in [3.63, 3.8) is 0 Å². The third kappa shape index (κ3) is 5.62. The number of carbonyl (C=O) groups is 3. The van der Waals surface area contributed by atoms with Gasteiger partial charge in [0.25, 0.3) is 5.78 Å². The molecule has 8 nitrogen and oxygen atoms in total. The third-order valence-corrected chi connectivity index (χ3v) is 7.76. The standard InChI is InChI=1S/C32H28N2O6S/c1-4-39-31(38)29-20(3)33-32(41-29)34-26(22-11-6-5-7-12-22)25(28(36)30(34)37)27(35)23-13-15-24(16-14-23)40-18-21-10-8-9-19(2)17-21/h5-17,26,35H,4,18H2,1-3H3. The highest BCUT2D eigenvalue weighted by Crippen LogP contribution is 2.44. The van der Waals surface area contributed by atoms with Gasteiger partial charge in [-0.15, -0.1) is 0 Å².